The summed E-state index contributed by atoms with van der Waals surface area (Å²) in [6.45, 7) is 3.84. The number of aromatic nitrogens is 4. The second-order valence-electron chi connectivity index (χ2n) is 4.51. The Morgan fingerprint density at radius 1 is 1.30 bits per heavy atom. The molecule has 0 bridgehead atoms. The fraction of sp³-hybridized carbons (Fsp3) is 0.385. The summed E-state index contributed by atoms with van der Waals surface area (Å²) in [4.78, 5) is 34.9. The molecule has 0 atom stereocenters. The Kier molecular flexibility index (Phi) is 4.34. The minimum Gasteiger partial charge on any atom is -0.297 e. The fourth-order valence-corrected chi connectivity index (χ4v) is 2.12. The predicted molar refractivity (Wildman–Crippen MR) is 76.2 cm³/mol. The highest BCUT2D eigenvalue weighted by molar-refractivity contribution is 6.30. The average Bonchev–Trinajstić information content (AvgIpc) is 2.41. The number of halogens is 1. The molecule has 0 aromatic carbocycles. The Balaban J connectivity index is 2.46. The molecule has 2 aromatic heterocycles. The number of aryl methyl sites for hydroxylation is 1. The molecule has 2 aromatic rings. The average molecular weight is 295 g/mol. The molecule has 2 rings (SSSR count). The number of nitrogens with zero attached hydrogens (tertiary/aromatic N) is 3. The van der Waals surface area contributed by atoms with Gasteiger partial charge in [-0.1, -0.05) is 24.9 Å². The molecule has 0 aliphatic carbocycles. The summed E-state index contributed by atoms with van der Waals surface area (Å²) in [7, 11) is 0. The second kappa shape index (κ2) is 6.00. The molecular weight excluding hydrogens is 280 g/mol. The van der Waals surface area contributed by atoms with Crippen molar-refractivity contribution in [2.75, 3.05) is 0 Å². The van der Waals surface area contributed by atoms with Gasteiger partial charge in [-0.05, 0) is 13.3 Å². The van der Waals surface area contributed by atoms with Crippen molar-refractivity contribution in [3.05, 3.63) is 55.3 Å². The summed E-state index contributed by atoms with van der Waals surface area (Å²) in [5.74, 6) is 0. The largest absolute Gasteiger partial charge is 0.329 e. The SMILES string of the molecule is CCCc1c(Cl)[nH]c(=O)n(Cc2cnc(C)cn2)c1=O. The molecule has 0 radical (unpaired) electrons. The predicted octanol–water partition coefficient (Wildman–Crippen LogP) is 1.29. The van der Waals surface area contributed by atoms with Crippen molar-refractivity contribution in [3.8, 4) is 0 Å². The van der Waals surface area contributed by atoms with E-state index >= 15 is 0 Å². The van der Waals surface area contributed by atoms with Gasteiger partial charge >= 0.3 is 5.69 Å². The second-order valence-corrected chi connectivity index (χ2v) is 4.89. The third-order valence-electron chi connectivity index (χ3n) is 2.88. The molecule has 0 spiro atoms. The molecule has 0 unspecified atom stereocenters. The van der Waals surface area contributed by atoms with Crippen molar-refractivity contribution in [2.24, 2.45) is 0 Å². The Labute approximate surface area is 120 Å². The van der Waals surface area contributed by atoms with Gasteiger partial charge in [-0.25, -0.2) is 4.79 Å². The summed E-state index contributed by atoms with van der Waals surface area (Å²) in [5.41, 5.74) is 0.838. The van der Waals surface area contributed by atoms with E-state index in [0.29, 0.717) is 17.7 Å². The van der Waals surface area contributed by atoms with Gasteiger partial charge in [0, 0.05) is 6.20 Å². The van der Waals surface area contributed by atoms with Crippen LogP contribution in [0.25, 0.3) is 0 Å². The fourth-order valence-electron chi connectivity index (χ4n) is 1.86. The molecule has 1 N–H and O–H groups in total. The van der Waals surface area contributed by atoms with E-state index < -0.39 is 5.69 Å². The minimum absolute atomic E-state index is 0.0787. The maximum absolute atomic E-state index is 12.3. The molecule has 0 saturated carbocycles. The number of H-pyrrole nitrogens is 1. The summed E-state index contributed by atoms with van der Waals surface area (Å²) in [6, 6.07) is 0. The standard InChI is InChI=1S/C13H15ClN4O2/c1-3-4-10-11(14)17-13(20)18(12(10)19)7-9-6-15-8(2)5-16-9/h5-6H,3-4,7H2,1-2H3,(H,17,20). The molecule has 6 nitrogen and oxygen atoms in total. The first-order valence-corrected chi connectivity index (χ1v) is 6.69. The Morgan fingerprint density at radius 3 is 2.65 bits per heavy atom. The van der Waals surface area contributed by atoms with Crippen molar-refractivity contribution >= 4 is 11.6 Å². The number of aromatic amines is 1. The van der Waals surface area contributed by atoms with E-state index in [1.165, 1.54) is 0 Å². The lowest BCUT2D eigenvalue weighted by Crippen LogP contribution is -2.38. The quantitative estimate of drug-likeness (QED) is 0.862. The van der Waals surface area contributed by atoms with Gasteiger partial charge in [-0.15, -0.1) is 0 Å². The van der Waals surface area contributed by atoms with Gasteiger partial charge in [0.2, 0.25) is 0 Å². The monoisotopic (exact) mass is 294 g/mol. The Bertz CT molecular complexity index is 719. The van der Waals surface area contributed by atoms with Crippen LogP contribution < -0.4 is 11.2 Å². The van der Waals surface area contributed by atoms with Crippen LogP contribution in [0, 0.1) is 6.92 Å². The van der Waals surface area contributed by atoms with Crippen molar-refractivity contribution in [1.82, 2.24) is 19.5 Å². The van der Waals surface area contributed by atoms with Gasteiger partial charge in [-0.3, -0.25) is 24.3 Å². The molecule has 0 fully saturated rings. The number of nitrogens with one attached hydrogen (secondary N) is 1. The first-order valence-electron chi connectivity index (χ1n) is 6.32. The smallest absolute Gasteiger partial charge is 0.297 e. The van der Waals surface area contributed by atoms with E-state index in [1.807, 2.05) is 13.8 Å². The lowest BCUT2D eigenvalue weighted by atomic mass is 10.2. The molecule has 0 aliphatic heterocycles. The van der Waals surface area contributed by atoms with Crippen LogP contribution in [0.2, 0.25) is 5.15 Å². The molecule has 106 valence electrons. The zero-order chi connectivity index (χ0) is 14.7. The van der Waals surface area contributed by atoms with E-state index in [1.54, 1.807) is 12.4 Å². The highest BCUT2D eigenvalue weighted by Gasteiger charge is 2.12. The zero-order valence-corrected chi connectivity index (χ0v) is 12.1. The summed E-state index contributed by atoms with van der Waals surface area (Å²) >= 11 is 5.91. The summed E-state index contributed by atoms with van der Waals surface area (Å²) in [5, 5.41) is 0.119. The lowest BCUT2D eigenvalue weighted by molar-refractivity contribution is 0.665. The van der Waals surface area contributed by atoms with Crippen LogP contribution in [0.1, 0.15) is 30.3 Å². The van der Waals surface area contributed by atoms with Crippen molar-refractivity contribution in [3.63, 3.8) is 0 Å². The maximum atomic E-state index is 12.3. The molecule has 2 heterocycles. The molecule has 7 heteroatoms. The first-order chi connectivity index (χ1) is 9.52. The van der Waals surface area contributed by atoms with E-state index in [2.05, 4.69) is 15.0 Å². The molecule has 20 heavy (non-hydrogen) atoms. The molecule has 0 saturated heterocycles. The highest BCUT2D eigenvalue weighted by atomic mass is 35.5. The van der Waals surface area contributed by atoms with Crippen LogP contribution in [-0.4, -0.2) is 19.5 Å². The van der Waals surface area contributed by atoms with Gasteiger partial charge in [0.1, 0.15) is 5.15 Å². The first kappa shape index (κ1) is 14.5. The molecular formula is C13H15ClN4O2. The van der Waals surface area contributed by atoms with Gasteiger partial charge in [0.05, 0.1) is 29.7 Å². The highest BCUT2D eigenvalue weighted by Crippen LogP contribution is 2.08. The van der Waals surface area contributed by atoms with Crippen LogP contribution in [-0.2, 0) is 13.0 Å². The number of hydrogen-bond acceptors (Lipinski definition) is 4. The normalized spacial score (nSPS) is 10.8. The Hall–Kier alpha value is -1.95. The van der Waals surface area contributed by atoms with Crippen LogP contribution in [0.3, 0.4) is 0 Å². The van der Waals surface area contributed by atoms with Crippen molar-refractivity contribution in [2.45, 2.75) is 33.2 Å². The van der Waals surface area contributed by atoms with E-state index in [4.69, 9.17) is 11.6 Å². The van der Waals surface area contributed by atoms with Crippen LogP contribution in [0.5, 0.6) is 0 Å². The topological polar surface area (TPSA) is 80.6 Å². The Morgan fingerprint density at radius 2 is 2.05 bits per heavy atom. The van der Waals surface area contributed by atoms with Crippen LogP contribution in [0.4, 0.5) is 0 Å². The number of hydrogen-bond donors (Lipinski definition) is 1. The van der Waals surface area contributed by atoms with Crippen molar-refractivity contribution in [1.29, 1.82) is 0 Å². The van der Waals surface area contributed by atoms with E-state index in [9.17, 15) is 9.59 Å². The van der Waals surface area contributed by atoms with Crippen LogP contribution >= 0.6 is 11.6 Å². The van der Waals surface area contributed by atoms with Gasteiger partial charge in [0.25, 0.3) is 5.56 Å². The number of rotatable bonds is 4. The molecule has 0 amide bonds. The van der Waals surface area contributed by atoms with E-state index in [0.717, 1.165) is 16.7 Å². The van der Waals surface area contributed by atoms with Crippen molar-refractivity contribution < 1.29 is 0 Å². The summed E-state index contributed by atoms with van der Waals surface area (Å²) in [6.07, 6.45) is 4.44. The van der Waals surface area contributed by atoms with Gasteiger partial charge < -0.3 is 0 Å². The third kappa shape index (κ3) is 2.96. The summed E-state index contributed by atoms with van der Waals surface area (Å²) < 4.78 is 1.09. The lowest BCUT2D eigenvalue weighted by Gasteiger charge is -2.08. The zero-order valence-electron chi connectivity index (χ0n) is 11.3. The van der Waals surface area contributed by atoms with Gasteiger partial charge in [-0.2, -0.15) is 0 Å². The minimum atomic E-state index is -0.540. The third-order valence-corrected chi connectivity index (χ3v) is 3.21. The van der Waals surface area contributed by atoms with E-state index in [-0.39, 0.29) is 17.3 Å². The maximum Gasteiger partial charge on any atom is 0.329 e. The van der Waals surface area contributed by atoms with Crippen LogP contribution in [0.15, 0.2) is 22.0 Å². The van der Waals surface area contributed by atoms with Gasteiger partial charge in [0.15, 0.2) is 0 Å². The molecule has 0 aliphatic rings.